The first-order valence-electron chi connectivity index (χ1n) is 3.69. The summed E-state index contributed by atoms with van der Waals surface area (Å²) in [4.78, 5) is 0. The zero-order valence-electron chi connectivity index (χ0n) is 6.57. The van der Waals surface area contributed by atoms with Gasteiger partial charge in [-0.2, -0.15) is 5.26 Å². The van der Waals surface area contributed by atoms with Gasteiger partial charge in [-0.1, -0.05) is 30.3 Å². The number of rotatable bonds is 3. The van der Waals surface area contributed by atoms with E-state index in [2.05, 4.69) is 5.32 Å². The lowest BCUT2D eigenvalue weighted by atomic mass is 10.1. The molecule has 0 aromatic heterocycles. The molecule has 0 spiro atoms. The number of benzene rings is 1. The number of nitrogens with one attached hydrogen (secondary N) is 1. The van der Waals surface area contributed by atoms with Crippen LogP contribution in [0.4, 0.5) is 0 Å². The number of aliphatic hydroxyl groups excluding tert-OH is 1. The molecule has 0 amide bonds. The molecule has 0 aliphatic carbocycles. The summed E-state index contributed by atoms with van der Waals surface area (Å²) in [5.74, 6) is 0. The van der Waals surface area contributed by atoms with Gasteiger partial charge in [0.1, 0.15) is 0 Å². The molecule has 1 rings (SSSR count). The third-order valence-corrected chi connectivity index (χ3v) is 1.62. The fourth-order valence-electron chi connectivity index (χ4n) is 0.998. The minimum absolute atomic E-state index is 0.0719. The number of nitrogens with zero attached hydrogens (tertiary/aromatic N) is 1. The molecule has 0 heterocycles. The van der Waals surface area contributed by atoms with Crippen molar-refractivity contribution in [2.24, 2.45) is 0 Å². The molecule has 1 aromatic carbocycles. The number of nitriles is 1. The van der Waals surface area contributed by atoms with Gasteiger partial charge in [0.15, 0.2) is 6.19 Å². The van der Waals surface area contributed by atoms with E-state index < -0.39 is 0 Å². The fraction of sp³-hybridized carbons (Fsp3) is 0.222. The van der Waals surface area contributed by atoms with Crippen LogP contribution in [0.25, 0.3) is 0 Å². The van der Waals surface area contributed by atoms with Crippen LogP contribution < -0.4 is 5.32 Å². The Morgan fingerprint density at radius 1 is 1.42 bits per heavy atom. The van der Waals surface area contributed by atoms with Gasteiger partial charge in [0.05, 0.1) is 12.6 Å². The van der Waals surface area contributed by atoms with Crippen molar-refractivity contribution in [3.8, 4) is 6.19 Å². The Balaban J connectivity index is 2.75. The van der Waals surface area contributed by atoms with Crippen LogP contribution in [0.2, 0.25) is 0 Å². The molecule has 0 saturated heterocycles. The van der Waals surface area contributed by atoms with Crippen LogP contribution in [0.5, 0.6) is 0 Å². The van der Waals surface area contributed by atoms with Gasteiger partial charge in [-0.15, -0.1) is 0 Å². The minimum Gasteiger partial charge on any atom is -0.394 e. The van der Waals surface area contributed by atoms with Gasteiger partial charge in [-0.3, -0.25) is 0 Å². The molecule has 1 atom stereocenters. The lowest BCUT2D eigenvalue weighted by Crippen LogP contribution is -2.19. The topological polar surface area (TPSA) is 56.0 Å². The highest BCUT2D eigenvalue weighted by molar-refractivity contribution is 5.19. The molecule has 3 heteroatoms. The molecule has 0 aliphatic rings. The van der Waals surface area contributed by atoms with E-state index >= 15 is 0 Å². The first-order valence-corrected chi connectivity index (χ1v) is 3.69. The van der Waals surface area contributed by atoms with Crippen LogP contribution in [0.3, 0.4) is 0 Å². The predicted molar refractivity (Wildman–Crippen MR) is 45.0 cm³/mol. The highest BCUT2D eigenvalue weighted by Gasteiger charge is 2.06. The summed E-state index contributed by atoms with van der Waals surface area (Å²) in [6.45, 7) is -0.0719. The molecule has 3 nitrogen and oxygen atoms in total. The Bertz CT molecular complexity index is 266. The van der Waals surface area contributed by atoms with Crippen molar-refractivity contribution in [3.05, 3.63) is 35.9 Å². The zero-order valence-corrected chi connectivity index (χ0v) is 6.57. The Kier molecular flexibility index (Phi) is 3.12. The van der Waals surface area contributed by atoms with Crippen LogP contribution in [0, 0.1) is 11.5 Å². The summed E-state index contributed by atoms with van der Waals surface area (Å²) in [6.07, 6.45) is 1.81. The van der Waals surface area contributed by atoms with Crippen molar-refractivity contribution in [1.82, 2.24) is 5.32 Å². The van der Waals surface area contributed by atoms with Crippen LogP contribution in [0.15, 0.2) is 30.3 Å². The lowest BCUT2D eigenvalue weighted by molar-refractivity contribution is 0.256. The summed E-state index contributed by atoms with van der Waals surface area (Å²) in [5, 5.41) is 19.8. The van der Waals surface area contributed by atoms with Crippen molar-refractivity contribution in [2.45, 2.75) is 6.04 Å². The third-order valence-electron chi connectivity index (χ3n) is 1.62. The van der Waals surface area contributed by atoms with Crippen molar-refractivity contribution in [3.63, 3.8) is 0 Å². The number of hydrogen-bond donors (Lipinski definition) is 2. The molecule has 0 unspecified atom stereocenters. The van der Waals surface area contributed by atoms with Gasteiger partial charge in [-0.25, -0.2) is 0 Å². The number of hydrogen-bond acceptors (Lipinski definition) is 3. The average molecular weight is 162 g/mol. The molecule has 2 N–H and O–H groups in total. The highest BCUT2D eigenvalue weighted by Crippen LogP contribution is 2.10. The third kappa shape index (κ3) is 1.97. The maximum atomic E-state index is 8.90. The molecule has 0 radical (unpaired) electrons. The second-order valence-electron chi connectivity index (χ2n) is 2.40. The molecule has 62 valence electrons. The first-order chi connectivity index (χ1) is 5.88. The molecule has 0 fully saturated rings. The Morgan fingerprint density at radius 3 is 2.58 bits per heavy atom. The average Bonchev–Trinajstić information content (AvgIpc) is 2.15. The molecular weight excluding hydrogens is 152 g/mol. The van der Waals surface area contributed by atoms with Gasteiger partial charge < -0.3 is 10.4 Å². The molecular formula is C9H10N2O. The van der Waals surface area contributed by atoms with E-state index in [-0.39, 0.29) is 12.6 Å². The summed E-state index contributed by atoms with van der Waals surface area (Å²) in [5.41, 5.74) is 0.918. The molecule has 12 heavy (non-hydrogen) atoms. The monoisotopic (exact) mass is 162 g/mol. The van der Waals surface area contributed by atoms with Crippen molar-refractivity contribution in [2.75, 3.05) is 6.61 Å². The summed E-state index contributed by atoms with van der Waals surface area (Å²) in [6, 6.07) is 9.09. The quantitative estimate of drug-likeness (QED) is 0.510. The largest absolute Gasteiger partial charge is 0.394 e. The predicted octanol–water partition coefficient (Wildman–Crippen LogP) is 0.791. The normalized spacial score (nSPS) is 11.7. The van der Waals surface area contributed by atoms with Gasteiger partial charge in [-0.05, 0) is 5.56 Å². The van der Waals surface area contributed by atoms with Gasteiger partial charge in [0.2, 0.25) is 0 Å². The summed E-state index contributed by atoms with van der Waals surface area (Å²) >= 11 is 0. The molecule has 0 aliphatic heterocycles. The van der Waals surface area contributed by atoms with Crippen LogP contribution in [-0.2, 0) is 0 Å². The molecule has 1 aromatic rings. The summed E-state index contributed by atoms with van der Waals surface area (Å²) < 4.78 is 0. The van der Waals surface area contributed by atoms with E-state index in [4.69, 9.17) is 10.4 Å². The minimum atomic E-state index is -0.281. The first kappa shape index (κ1) is 8.57. The maximum absolute atomic E-state index is 8.90. The zero-order chi connectivity index (χ0) is 8.81. The van der Waals surface area contributed by atoms with Crippen molar-refractivity contribution < 1.29 is 5.11 Å². The van der Waals surface area contributed by atoms with E-state index in [1.165, 1.54) is 0 Å². The van der Waals surface area contributed by atoms with Gasteiger partial charge in [0.25, 0.3) is 0 Å². The Morgan fingerprint density at radius 2 is 2.08 bits per heavy atom. The highest BCUT2D eigenvalue weighted by atomic mass is 16.3. The molecule has 0 bridgehead atoms. The summed E-state index contributed by atoms with van der Waals surface area (Å²) in [7, 11) is 0. The van der Waals surface area contributed by atoms with E-state index in [1.54, 1.807) is 0 Å². The Hall–Kier alpha value is -1.53. The smallest absolute Gasteiger partial charge is 0.177 e. The number of aliphatic hydroxyl groups is 1. The Labute approximate surface area is 71.3 Å². The lowest BCUT2D eigenvalue weighted by Gasteiger charge is -2.11. The fourth-order valence-corrected chi connectivity index (χ4v) is 0.998. The van der Waals surface area contributed by atoms with Crippen molar-refractivity contribution in [1.29, 1.82) is 5.26 Å². The van der Waals surface area contributed by atoms with E-state index in [0.717, 1.165) is 5.56 Å². The standard InChI is InChI=1S/C9H10N2O/c10-7-11-9(6-12)8-4-2-1-3-5-8/h1-5,9,11-12H,6H2/t9-/m0/s1. The van der Waals surface area contributed by atoms with Crippen LogP contribution in [0.1, 0.15) is 11.6 Å². The van der Waals surface area contributed by atoms with Gasteiger partial charge in [0, 0.05) is 0 Å². The van der Waals surface area contributed by atoms with Crippen LogP contribution >= 0.6 is 0 Å². The SMILES string of the molecule is N#CN[C@@H](CO)c1ccccc1. The van der Waals surface area contributed by atoms with E-state index in [9.17, 15) is 0 Å². The maximum Gasteiger partial charge on any atom is 0.177 e. The van der Waals surface area contributed by atoms with Gasteiger partial charge >= 0.3 is 0 Å². The second-order valence-corrected chi connectivity index (χ2v) is 2.40. The second kappa shape index (κ2) is 4.37. The van der Waals surface area contributed by atoms with E-state index in [0.29, 0.717) is 0 Å². The van der Waals surface area contributed by atoms with Crippen LogP contribution in [-0.4, -0.2) is 11.7 Å². The van der Waals surface area contributed by atoms with E-state index in [1.807, 2.05) is 36.5 Å². The van der Waals surface area contributed by atoms with Crippen molar-refractivity contribution >= 4 is 0 Å². The molecule has 0 saturated carbocycles.